The first-order chi connectivity index (χ1) is 7.06. The molecule has 4 heteroatoms. The third-order valence-corrected chi connectivity index (χ3v) is 3.42. The fourth-order valence-corrected chi connectivity index (χ4v) is 2.27. The van der Waals surface area contributed by atoms with Gasteiger partial charge >= 0.3 is 6.18 Å². The number of nitrogens with one attached hydrogen (secondary N) is 1. The summed E-state index contributed by atoms with van der Waals surface area (Å²) in [6, 6.07) is 0. The van der Waals surface area contributed by atoms with E-state index in [0.29, 0.717) is 5.92 Å². The first kappa shape index (κ1) is 11.2. The van der Waals surface area contributed by atoms with Crippen LogP contribution in [0.25, 0.3) is 0 Å². The van der Waals surface area contributed by atoms with E-state index in [1.807, 2.05) is 0 Å². The maximum absolute atomic E-state index is 11.9. The van der Waals surface area contributed by atoms with Gasteiger partial charge in [0.1, 0.15) is 0 Å². The molecule has 2 aliphatic rings. The average Bonchev–Trinajstić information content (AvgIpc) is 2.98. The van der Waals surface area contributed by atoms with E-state index in [4.69, 9.17) is 0 Å². The monoisotopic (exact) mass is 221 g/mol. The predicted octanol–water partition coefficient (Wildman–Crippen LogP) is 2.96. The van der Waals surface area contributed by atoms with Gasteiger partial charge in [-0.25, -0.2) is 0 Å². The van der Waals surface area contributed by atoms with Crippen LogP contribution in [0.2, 0.25) is 0 Å². The lowest BCUT2D eigenvalue weighted by molar-refractivity contribution is -0.133. The molecule has 0 heterocycles. The molecule has 0 amide bonds. The van der Waals surface area contributed by atoms with Crippen LogP contribution < -0.4 is 5.32 Å². The second-order valence-electron chi connectivity index (χ2n) is 4.91. The lowest BCUT2D eigenvalue weighted by atomic mass is 9.98. The number of alkyl halides is 3. The Morgan fingerprint density at radius 2 is 1.60 bits per heavy atom. The van der Waals surface area contributed by atoms with Crippen molar-refractivity contribution < 1.29 is 13.2 Å². The fraction of sp³-hybridized carbons (Fsp3) is 1.00. The van der Waals surface area contributed by atoms with Crippen LogP contribution in [0.15, 0.2) is 0 Å². The maximum atomic E-state index is 11.9. The Kier molecular flexibility index (Phi) is 3.24. The second-order valence-corrected chi connectivity index (χ2v) is 4.91. The SMILES string of the molecule is FC(F)(F)CCNCC(C1CC1)C1CC1. The molecule has 1 nitrogen and oxygen atoms in total. The number of halogens is 3. The standard InChI is InChI=1S/C11H18F3N/c12-11(13,14)5-6-15-7-10(8-1-2-8)9-3-4-9/h8-10,15H,1-7H2. The first-order valence-electron chi connectivity index (χ1n) is 5.84. The fourth-order valence-electron chi connectivity index (χ4n) is 2.27. The maximum Gasteiger partial charge on any atom is 0.390 e. The van der Waals surface area contributed by atoms with Gasteiger partial charge in [-0.2, -0.15) is 13.2 Å². The van der Waals surface area contributed by atoms with Crippen molar-refractivity contribution in [3.05, 3.63) is 0 Å². The van der Waals surface area contributed by atoms with Crippen molar-refractivity contribution in [3.63, 3.8) is 0 Å². The summed E-state index contributed by atoms with van der Waals surface area (Å²) >= 11 is 0. The van der Waals surface area contributed by atoms with Crippen LogP contribution in [0.5, 0.6) is 0 Å². The van der Waals surface area contributed by atoms with Crippen molar-refractivity contribution in [1.82, 2.24) is 5.32 Å². The molecule has 0 radical (unpaired) electrons. The zero-order valence-electron chi connectivity index (χ0n) is 8.82. The smallest absolute Gasteiger partial charge is 0.316 e. The van der Waals surface area contributed by atoms with Crippen LogP contribution in [-0.2, 0) is 0 Å². The lowest BCUT2D eigenvalue weighted by Crippen LogP contribution is -2.28. The molecule has 88 valence electrons. The number of hydrogen-bond donors (Lipinski definition) is 1. The molecule has 2 saturated carbocycles. The van der Waals surface area contributed by atoms with Gasteiger partial charge in [-0.05, 0) is 50.0 Å². The molecule has 0 aromatic heterocycles. The van der Waals surface area contributed by atoms with Crippen LogP contribution in [0.1, 0.15) is 32.1 Å². The van der Waals surface area contributed by atoms with E-state index in [2.05, 4.69) is 5.32 Å². The van der Waals surface area contributed by atoms with E-state index < -0.39 is 12.6 Å². The minimum Gasteiger partial charge on any atom is -0.316 e. The Balaban J connectivity index is 1.59. The summed E-state index contributed by atoms with van der Waals surface area (Å²) in [6.07, 6.45) is 0.463. The summed E-state index contributed by atoms with van der Waals surface area (Å²) in [7, 11) is 0. The minimum absolute atomic E-state index is 0.0828. The third-order valence-electron chi connectivity index (χ3n) is 3.42. The van der Waals surface area contributed by atoms with E-state index in [1.54, 1.807) is 0 Å². The van der Waals surface area contributed by atoms with E-state index in [9.17, 15) is 13.2 Å². The molecule has 0 spiro atoms. The predicted molar refractivity (Wildman–Crippen MR) is 52.5 cm³/mol. The van der Waals surface area contributed by atoms with Crippen molar-refractivity contribution in [2.75, 3.05) is 13.1 Å². The Labute approximate surface area is 88.4 Å². The summed E-state index contributed by atoms with van der Waals surface area (Å²) in [5, 5.41) is 2.96. The molecule has 0 unspecified atom stereocenters. The molecule has 0 atom stereocenters. The third kappa shape index (κ3) is 4.01. The van der Waals surface area contributed by atoms with Crippen LogP contribution in [0.4, 0.5) is 13.2 Å². The molecule has 0 bridgehead atoms. The van der Waals surface area contributed by atoms with Crippen LogP contribution >= 0.6 is 0 Å². The largest absolute Gasteiger partial charge is 0.390 e. The Morgan fingerprint density at radius 1 is 1.07 bits per heavy atom. The highest BCUT2D eigenvalue weighted by Gasteiger charge is 2.40. The zero-order chi connectivity index (χ0) is 10.9. The Morgan fingerprint density at radius 3 is 2.00 bits per heavy atom. The van der Waals surface area contributed by atoms with Gasteiger partial charge in [0.2, 0.25) is 0 Å². The second kappa shape index (κ2) is 4.32. The molecule has 1 N–H and O–H groups in total. The van der Waals surface area contributed by atoms with Gasteiger partial charge in [0, 0.05) is 6.54 Å². The van der Waals surface area contributed by atoms with Gasteiger partial charge in [0.05, 0.1) is 6.42 Å². The van der Waals surface area contributed by atoms with E-state index in [-0.39, 0.29) is 6.54 Å². The summed E-state index contributed by atoms with van der Waals surface area (Å²) in [5.74, 6) is 2.30. The average molecular weight is 221 g/mol. The van der Waals surface area contributed by atoms with E-state index >= 15 is 0 Å². The molecule has 2 rings (SSSR count). The Hall–Kier alpha value is -0.250. The molecule has 15 heavy (non-hydrogen) atoms. The zero-order valence-corrected chi connectivity index (χ0v) is 8.82. The van der Waals surface area contributed by atoms with Crippen molar-refractivity contribution in [3.8, 4) is 0 Å². The number of rotatable bonds is 6. The van der Waals surface area contributed by atoms with Crippen molar-refractivity contribution in [1.29, 1.82) is 0 Å². The topological polar surface area (TPSA) is 12.0 Å². The van der Waals surface area contributed by atoms with Crippen molar-refractivity contribution >= 4 is 0 Å². The summed E-state index contributed by atoms with van der Waals surface area (Å²) in [4.78, 5) is 0. The minimum atomic E-state index is -4.01. The van der Waals surface area contributed by atoms with Gasteiger partial charge < -0.3 is 5.32 Å². The van der Waals surface area contributed by atoms with Gasteiger partial charge in [0.15, 0.2) is 0 Å². The van der Waals surface area contributed by atoms with Crippen LogP contribution in [-0.4, -0.2) is 19.3 Å². The van der Waals surface area contributed by atoms with Gasteiger partial charge in [0.25, 0.3) is 0 Å². The van der Waals surface area contributed by atoms with Crippen LogP contribution in [0, 0.1) is 17.8 Å². The van der Waals surface area contributed by atoms with Crippen molar-refractivity contribution in [2.24, 2.45) is 17.8 Å². The quantitative estimate of drug-likeness (QED) is 0.680. The van der Waals surface area contributed by atoms with Crippen molar-refractivity contribution in [2.45, 2.75) is 38.3 Å². The van der Waals surface area contributed by atoms with Gasteiger partial charge in [-0.3, -0.25) is 0 Å². The molecular formula is C11H18F3N. The molecule has 0 saturated heterocycles. The highest BCUT2D eigenvalue weighted by atomic mass is 19.4. The highest BCUT2D eigenvalue weighted by Crippen LogP contribution is 2.48. The van der Waals surface area contributed by atoms with Crippen LogP contribution in [0.3, 0.4) is 0 Å². The number of hydrogen-bond acceptors (Lipinski definition) is 1. The normalized spacial score (nSPS) is 22.4. The molecule has 2 fully saturated rings. The molecular weight excluding hydrogens is 203 g/mol. The highest BCUT2D eigenvalue weighted by molar-refractivity contribution is 4.92. The lowest BCUT2D eigenvalue weighted by Gasteiger charge is -2.16. The summed E-state index contributed by atoms with van der Waals surface area (Å²) in [6.45, 7) is 0.880. The van der Waals surface area contributed by atoms with E-state index in [1.165, 1.54) is 25.7 Å². The Bertz CT molecular complexity index is 194. The van der Waals surface area contributed by atoms with E-state index in [0.717, 1.165) is 18.4 Å². The molecule has 0 aromatic rings. The summed E-state index contributed by atoms with van der Waals surface area (Å²) in [5.41, 5.74) is 0. The molecule has 2 aliphatic carbocycles. The summed E-state index contributed by atoms with van der Waals surface area (Å²) < 4.78 is 35.6. The first-order valence-corrected chi connectivity index (χ1v) is 5.84. The molecule has 0 aliphatic heterocycles. The molecule has 0 aromatic carbocycles. The van der Waals surface area contributed by atoms with Gasteiger partial charge in [-0.15, -0.1) is 0 Å². The van der Waals surface area contributed by atoms with Gasteiger partial charge in [-0.1, -0.05) is 0 Å².